The van der Waals surface area contributed by atoms with Crippen molar-refractivity contribution in [3.05, 3.63) is 83.7 Å². The van der Waals surface area contributed by atoms with E-state index < -0.39 is 6.10 Å². The number of aryl methyl sites for hydroxylation is 2. The lowest BCUT2D eigenvalue weighted by Crippen LogP contribution is -2.34. The predicted molar refractivity (Wildman–Crippen MR) is 112 cm³/mol. The minimum absolute atomic E-state index is 0.464. The van der Waals surface area contributed by atoms with E-state index in [0.717, 1.165) is 28.1 Å². The number of hydrogen-bond acceptors (Lipinski definition) is 5. The minimum atomic E-state index is -0.545. The normalized spacial score (nSPS) is 12.7. The topological polar surface area (TPSA) is 67.3 Å². The third-order valence-corrected chi connectivity index (χ3v) is 5.05. The Kier molecular flexibility index (Phi) is 5.74. The molecule has 1 N–H and O–H groups in total. The zero-order valence-electron chi connectivity index (χ0n) is 16.8. The van der Waals surface area contributed by atoms with Gasteiger partial charge < -0.3 is 9.52 Å². The Hall–Kier alpha value is -2.96. The van der Waals surface area contributed by atoms with Gasteiger partial charge in [0.2, 0.25) is 0 Å². The fourth-order valence-corrected chi connectivity index (χ4v) is 3.77. The van der Waals surface area contributed by atoms with E-state index in [9.17, 15) is 5.11 Å². The Morgan fingerprint density at radius 2 is 2.00 bits per heavy atom. The van der Waals surface area contributed by atoms with Crippen molar-refractivity contribution in [1.29, 1.82) is 0 Å². The van der Waals surface area contributed by atoms with Gasteiger partial charge in [0.15, 0.2) is 0 Å². The molecule has 0 radical (unpaired) electrons. The highest BCUT2D eigenvalue weighted by Gasteiger charge is 2.17. The first-order valence-electron chi connectivity index (χ1n) is 9.85. The molecule has 0 fully saturated rings. The van der Waals surface area contributed by atoms with Crippen molar-refractivity contribution in [2.45, 2.75) is 39.6 Å². The summed E-state index contributed by atoms with van der Waals surface area (Å²) in [5.41, 5.74) is 4.18. The third kappa shape index (κ3) is 4.72. The predicted octanol–water partition coefficient (Wildman–Crippen LogP) is 3.70. The molecular formula is C23H26N4O2. The Labute approximate surface area is 170 Å². The fraction of sp³-hybridized carbons (Fsp3) is 0.304. The molecule has 0 unspecified atom stereocenters. The summed E-state index contributed by atoms with van der Waals surface area (Å²) in [6.45, 7) is 6.26. The summed E-state index contributed by atoms with van der Waals surface area (Å²) >= 11 is 0. The van der Waals surface area contributed by atoms with Gasteiger partial charge in [0.1, 0.15) is 5.76 Å². The van der Waals surface area contributed by atoms with Crippen LogP contribution in [0.1, 0.15) is 22.7 Å². The van der Waals surface area contributed by atoms with Crippen molar-refractivity contribution in [3.63, 3.8) is 0 Å². The molecule has 3 aromatic heterocycles. The van der Waals surface area contributed by atoms with E-state index in [4.69, 9.17) is 4.42 Å². The van der Waals surface area contributed by atoms with Crippen LogP contribution in [0.15, 0.2) is 65.4 Å². The average Bonchev–Trinajstić information content (AvgIpc) is 3.31. The highest BCUT2D eigenvalue weighted by Crippen LogP contribution is 2.20. The molecule has 0 spiro atoms. The van der Waals surface area contributed by atoms with Crippen LogP contribution in [0.3, 0.4) is 0 Å². The lowest BCUT2D eigenvalue weighted by atomic mass is 10.1. The maximum absolute atomic E-state index is 10.8. The van der Waals surface area contributed by atoms with Crippen molar-refractivity contribution in [3.8, 4) is 0 Å². The maximum atomic E-state index is 10.8. The number of aliphatic hydroxyl groups is 1. The van der Waals surface area contributed by atoms with Gasteiger partial charge in [0, 0.05) is 30.4 Å². The van der Waals surface area contributed by atoms with Crippen molar-refractivity contribution >= 4 is 10.9 Å². The van der Waals surface area contributed by atoms with E-state index in [-0.39, 0.29) is 0 Å². The smallest absolute Gasteiger partial charge is 0.117 e. The van der Waals surface area contributed by atoms with Crippen molar-refractivity contribution in [1.82, 2.24) is 19.7 Å². The number of nitrogens with zero attached hydrogens (tertiary/aromatic N) is 4. The number of rotatable bonds is 8. The van der Waals surface area contributed by atoms with Gasteiger partial charge >= 0.3 is 0 Å². The van der Waals surface area contributed by atoms with Gasteiger partial charge in [-0.25, -0.2) is 0 Å². The largest absolute Gasteiger partial charge is 0.468 e. The van der Waals surface area contributed by atoms with Gasteiger partial charge in [-0.2, -0.15) is 5.10 Å². The Morgan fingerprint density at radius 1 is 1.10 bits per heavy atom. The zero-order valence-corrected chi connectivity index (χ0v) is 16.8. The molecule has 3 heterocycles. The van der Waals surface area contributed by atoms with Crippen molar-refractivity contribution < 1.29 is 9.52 Å². The molecule has 4 aromatic rings. The summed E-state index contributed by atoms with van der Waals surface area (Å²) in [6, 6.07) is 16.1. The van der Waals surface area contributed by atoms with E-state index in [1.165, 1.54) is 5.56 Å². The van der Waals surface area contributed by atoms with Gasteiger partial charge in [-0.3, -0.25) is 14.6 Å². The first-order chi connectivity index (χ1) is 14.1. The molecule has 0 aliphatic rings. The number of fused-ring (bicyclic) bond motifs is 1. The van der Waals surface area contributed by atoms with Crippen molar-refractivity contribution in [2.24, 2.45) is 0 Å². The number of benzene rings is 1. The summed E-state index contributed by atoms with van der Waals surface area (Å²) < 4.78 is 7.43. The number of aromatic nitrogens is 3. The van der Waals surface area contributed by atoms with E-state index in [0.29, 0.717) is 26.2 Å². The lowest BCUT2D eigenvalue weighted by Gasteiger charge is -2.25. The Bertz CT molecular complexity index is 1070. The molecule has 0 aliphatic heterocycles. The minimum Gasteiger partial charge on any atom is -0.468 e. The molecular weight excluding hydrogens is 364 g/mol. The molecule has 1 atom stereocenters. The second-order valence-electron chi connectivity index (χ2n) is 7.50. The summed E-state index contributed by atoms with van der Waals surface area (Å²) in [5.74, 6) is 0.877. The summed E-state index contributed by atoms with van der Waals surface area (Å²) in [7, 11) is 0. The molecule has 6 heteroatoms. The van der Waals surface area contributed by atoms with Gasteiger partial charge in [-0.05, 0) is 49.7 Å². The Balaban J connectivity index is 1.53. The molecule has 0 aliphatic carbocycles. The molecule has 0 amide bonds. The van der Waals surface area contributed by atoms with E-state index in [1.807, 2.05) is 61.1 Å². The first-order valence-corrected chi connectivity index (χ1v) is 9.85. The number of hydrogen-bond donors (Lipinski definition) is 1. The summed E-state index contributed by atoms with van der Waals surface area (Å²) in [5, 5.41) is 16.4. The second kappa shape index (κ2) is 8.59. The lowest BCUT2D eigenvalue weighted by molar-refractivity contribution is 0.0841. The Morgan fingerprint density at radius 3 is 2.76 bits per heavy atom. The summed E-state index contributed by atoms with van der Waals surface area (Å²) in [4.78, 5) is 6.66. The van der Waals surface area contributed by atoms with Crippen LogP contribution >= 0.6 is 0 Å². The van der Waals surface area contributed by atoms with Crippen LogP contribution < -0.4 is 0 Å². The van der Waals surface area contributed by atoms with Crippen LogP contribution in [-0.2, 0) is 19.6 Å². The van der Waals surface area contributed by atoms with E-state index in [2.05, 4.69) is 27.1 Å². The molecule has 0 saturated carbocycles. The number of pyridine rings is 1. The second-order valence-corrected chi connectivity index (χ2v) is 7.50. The molecule has 150 valence electrons. The van der Waals surface area contributed by atoms with Crippen LogP contribution in [0.5, 0.6) is 0 Å². The quantitative estimate of drug-likeness (QED) is 0.497. The van der Waals surface area contributed by atoms with Crippen LogP contribution in [-0.4, -0.2) is 37.4 Å². The highest BCUT2D eigenvalue weighted by atomic mass is 16.3. The van der Waals surface area contributed by atoms with Crippen LogP contribution in [0, 0.1) is 13.8 Å². The molecule has 4 rings (SSSR count). The molecule has 0 bridgehead atoms. The average molecular weight is 390 g/mol. The van der Waals surface area contributed by atoms with Crippen LogP contribution in [0.25, 0.3) is 10.9 Å². The highest BCUT2D eigenvalue weighted by molar-refractivity contribution is 5.81. The number of aliphatic hydroxyl groups excluding tert-OH is 1. The van der Waals surface area contributed by atoms with Crippen molar-refractivity contribution in [2.75, 3.05) is 6.54 Å². The van der Waals surface area contributed by atoms with Gasteiger partial charge in [0.05, 0.1) is 36.7 Å². The fourth-order valence-electron chi connectivity index (χ4n) is 3.77. The van der Waals surface area contributed by atoms with Gasteiger partial charge in [-0.15, -0.1) is 0 Å². The SMILES string of the molecule is Cc1cc(C)n(C[C@@H](O)CN(Cc2ccco2)Cc2cccc3ncccc23)n1. The van der Waals surface area contributed by atoms with Gasteiger partial charge in [0.25, 0.3) is 0 Å². The van der Waals surface area contributed by atoms with Crippen LogP contribution in [0.4, 0.5) is 0 Å². The molecule has 29 heavy (non-hydrogen) atoms. The van der Waals surface area contributed by atoms with Gasteiger partial charge in [-0.1, -0.05) is 18.2 Å². The van der Waals surface area contributed by atoms with E-state index >= 15 is 0 Å². The summed E-state index contributed by atoms with van der Waals surface area (Å²) in [6.07, 6.45) is 2.95. The van der Waals surface area contributed by atoms with Crippen LogP contribution in [0.2, 0.25) is 0 Å². The van der Waals surface area contributed by atoms with E-state index in [1.54, 1.807) is 6.26 Å². The maximum Gasteiger partial charge on any atom is 0.117 e. The zero-order chi connectivity index (χ0) is 20.2. The monoisotopic (exact) mass is 390 g/mol. The molecule has 0 saturated heterocycles. The number of furan rings is 1. The standard InChI is InChI=1S/C23H26N4O2/c1-17-12-18(2)27(25-17)15-20(28)14-26(16-21-7-5-11-29-21)13-19-6-3-9-23-22(19)8-4-10-24-23/h3-12,20,28H,13-16H2,1-2H3/t20-/m0/s1. The molecule has 1 aromatic carbocycles. The molecule has 6 nitrogen and oxygen atoms in total. The first kappa shape index (κ1) is 19.4. The third-order valence-electron chi connectivity index (χ3n) is 5.05.